The van der Waals surface area contributed by atoms with Crippen molar-refractivity contribution in [2.24, 2.45) is 5.41 Å². The number of rotatable bonds is 5. The Labute approximate surface area is 248 Å². The minimum absolute atomic E-state index is 0. The minimum atomic E-state index is -0.0479. The average molecular weight is 689 g/mol. The van der Waals surface area contributed by atoms with Crippen LogP contribution in [0.2, 0.25) is 0 Å². The second-order valence-corrected chi connectivity index (χ2v) is 11.3. The summed E-state index contributed by atoms with van der Waals surface area (Å²) in [6, 6.07) is 41.5. The monoisotopic (exact) mass is 689 g/mol. The molecule has 39 heavy (non-hydrogen) atoms. The van der Waals surface area contributed by atoms with Crippen molar-refractivity contribution in [3.05, 3.63) is 144 Å². The third-order valence-electron chi connectivity index (χ3n) is 6.51. The molecular weight excluding hydrogens is 653 g/mol. The van der Waals surface area contributed by atoms with Crippen molar-refractivity contribution in [2.75, 3.05) is 0 Å². The Morgan fingerprint density at radius 1 is 0.590 bits per heavy atom. The van der Waals surface area contributed by atoms with Crippen molar-refractivity contribution in [2.45, 2.75) is 46.5 Å². The van der Waals surface area contributed by atoms with Crippen LogP contribution in [0.4, 0.5) is 0 Å². The molecule has 0 aliphatic carbocycles. The normalized spacial score (nSPS) is 11.1. The summed E-state index contributed by atoms with van der Waals surface area (Å²) in [5.74, 6) is 0. The number of hydrogen-bond acceptors (Lipinski definition) is 2. The predicted octanol–water partition coefficient (Wildman–Crippen LogP) is 9.01. The van der Waals surface area contributed by atoms with Crippen molar-refractivity contribution in [1.82, 2.24) is 9.97 Å². The van der Waals surface area contributed by atoms with E-state index in [0.29, 0.717) is 5.41 Å². The molecule has 2 heterocycles. The molecule has 0 saturated heterocycles. The van der Waals surface area contributed by atoms with Crippen LogP contribution < -0.4 is 0 Å². The fourth-order valence-electron chi connectivity index (χ4n) is 4.44. The molecule has 0 N–H and O–H groups in total. The van der Waals surface area contributed by atoms with Gasteiger partial charge in [-0.2, -0.15) is 0 Å². The Morgan fingerprint density at radius 2 is 1.13 bits per heavy atom. The maximum atomic E-state index is 4.49. The summed E-state index contributed by atoms with van der Waals surface area (Å²) in [7, 11) is 0. The van der Waals surface area contributed by atoms with E-state index < -0.39 is 0 Å². The Morgan fingerprint density at radius 3 is 1.67 bits per heavy atom. The summed E-state index contributed by atoms with van der Waals surface area (Å²) in [4.78, 5) is 8.89. The number of nitrogens with zero attached hydrogens (tertiary/aromatic N) is 2. The van der Waals surface area contributed by atoms with Crippen molar-refractivity contribution in [1.29, 1.82) is 0 Å². The van der Waals surface area contributed by atoms with Crippen molar-refractivity contribution < 1.29 is 20.1 Å². The summed E-state index contributed by atoms with van der Waals surface area (Å²) < 4.78 is 0. The van der Waals surface area contributed by atoms with Gasteiger partial charge in [0.1, 0.15) is 0 Å². The predicted molar refractivity (Wildman–Crippen MR) is 159 cm³/mol. The molecule has 0 aliphatic heterocycles. The van der Waals surface area contributed by atoms with Crippen LogP contribution in [0.1, 0.15) is 51.3 Å². The first-order valence-corrected chi connectivity index (χ1v) is 13.1. The SMILES string of the molecule is CC(C)(C)Cc1ccnc(-c2[c-]cccc2)c1.CC(C)(c1ccccc1)c1ccnc(-c2[c-]cccc2)c1.[Ir]. The fraction of sp³-hybridized carbons (Fsp3) is 0.222. The van der Waals surface area contributed by atoms with Crippen LogP contribution in [0.25, 0.3) is 22.5 Å². The second-order valence-electron chi connectivity index (χ2n) is 11.3. The number of hydrogen-bond donors (Lipinski definition) is 0. The first-order valence-electron chi connectivity index (χ1n) is 13.1. The zero-order chi connectivity index (χ0) is 27.0. The summed E-state index contributed by atoms with van der Waals surface area (Å²) in [6.45, 7) is 11.2. The van der Waals surface area contributed by atoms with Crippen molar-refractivity contribution in [3.8, 4) is 22.5 Å². The molecular formula is C36H36IrN2-2. The molecule has 0 spiro atoms. The van der Waals surface area contributed by atoms with Gasteiger partial charge in [0.2, 0.25) is 0 Å². The van der Waals surface area contributed by atoms with E-state index in [4.69, 9.17) is 0 Å². The zero-order valence-corrected chi connectivity index (χ0v) is 25.8. The minimum Gasteiger partial charge on any atom is -0.305 e. The Balaban J connectivity index is 0.000000215. The molecule has 2 nitrogen and oxygen atoms in total. The summed E-state index contributed by atoms with van der Waals surface area (Å²) in [6.07, 6.45) is 4.84. The molecule has 201 valence electrons. The largest absolute Gasteiger partial charge is 0.305 e. The molecule has 1 radical (unpaired) electrons. The van der Waals surface area contributed by atoms with Gasteiger partial charge in [0.15, 0.2) is 0 Å². The standard InChI is InChI=1S/C20H18N.C16H18N.Ir/c1-20(2,17-11-7-4-8-12-17)18-13-14-21-19(15-18)16-9-5-3-6-10-16;1-16(2,3)12-13-9-10-17-15(11-13)14-7-5-4-6-8-14;/h3-9,11-15H,1-2H3;4-7,9-11H,12H2,1-3H3;/q2*-1;. The third-order valence-corrected chi connectivity index (χ3v) is 6.51. The Bertz CT molecular complexity index is 1420. The van der Waals surface area contributed by atoms with Gasteiger partial charge in [-0.15, -0.1) is 71.8 Å². The maximum Gasteiger partial charge on any atom is 0.0163 e. The molecule has 0 saturated carbocycles. The van der Waals surface area contributed by atoms with E-state index in [2.05, 4.69) is 111 Å². The van der Waals surface area contributed by atoms with Crippen molar-refractivity contribution in [3.63, 3.8) is 0 Å². The van der Waals surface area contributed by atoms with Crippen LogP contribution >= 0.6 is 0 Å². The molecule has 0 bridgehead atoms. The Hall–Kier alpha value is -3.39. The molecule has 5 aromatic rings. The van der Waals surface area contributed by atoms with E-state index in [1.54, 1.807) is 0 Å². The van der Waals surface area contributed by atoms with Gasteiger partial charge in [0.05, 0.1) is 0 Å². The van der Waals surface area contributed by atoms with E-state index in [1.807, 2.05) is 60.9 Å². The summed E-state index contributed by atoms with van der Waals surface area (Å²) >= 11 is 0. The van der Waals surface area contributed by atoms with Gasteiger partial charge in [0.25, 0.3) is 0 Å². The van der Waals surface area contributed by atoms with E-state index >= 15 is 0 Å². The van der Waals surface area contributed by atoms with Crippen LogP contribution in [-0.2, 0) is 31.9 Å². The van der Waals surface area contributed by atoms with Gasteiger partial charge in [-0.3, -0.25) is 0 Å². The van der Waals surface area contributed by atoms with Gasteiger partial charge in [-0.25, -0.2) is 0 Å². The first-order chi connectivity index (χ1) is 18.2. The summed E-state index contributed by atoms with van der Waals surface area (Å²) in [5, 5.41) is 0. The molecule has 0 amide bonds. The van der Waals surface area contributed by atoms with Crippen LogP contribution in [0.3, 0.4) is 0 Å². The first kappa shape index (κ1) is 30.2. The summed E-state index contributed by atoms with van der Waals surface area (Å²) in [5.41, 5.74) is 8.22. The van der Waals surface area contributed by atoms with E-state index in [-0.39, 0.29) is 25.5 Å². The van der Waals surface area contributed by atoms with Crippen LogP contribution in [0.5, 0.6) is 0 Å². The quantitative estimate of drug-likeness (QED) is 0.172. The van der Waals surface area contributed by atoms with Crippen LogP contribution in [-0.4, -0.2) is 9.97 Å². The van der Waals surface area contributed by atoms with E-state index in [9.17, 15) is 0 Å². The van der Waals surface area contributed by atoms with Crippen LogP contribution in [0.15, 0.2) is 116 Å². The van der Waals surface area contributed by atoms with Gasteiger partial charge >= 0.3 is 0 Å². The number of pyridine rings is 2. The topological polar surface area (TPSA) is 25.8 Å². The molecule has 3 aromatic carbocycles. The van der Waals surface area contributed by atoms with Crippen LogP contribution in [0, 0.1) is 17.5 Å². The molecule has 0 aliphatic rings. The number of benzene rings is 3. The van der Waals surface area contributed by atoms with E-state index in [1.165, 1.54) is 16.7 Å². The maximum absolute atomic E-state index is 4.49. The smallest absolute Gasteiger partial charge is 0.0163 e. The number of aromatic nitrogens is 2. The van der Waals surface area contributed by atoms with E-state index in [0.717, 1.165) is 28.9 Å². The van der Waals surface area contributed by atoms with Gasteiger partial charge in [-0.1, -0.05) is 82.6 Å². The third kappa shape index (κ3) is 8.55. The average Bonchev–Trinajstić information content (AvgIpc) is 2.94. The van der Waals surface area contributed by atoms with Gasteiger partial charge < -0.3 is 9.97 Å². The molecule has 2 aromatic heterocycles. The van der Waals surface area contributed by atoms with Gasteiger partial charge in [0, 0.05) is 37.9 Å². The molecule has 0 unspecified atom stereocenters. The van der Waals surface area contributed by atoms with Gasteiger partial charge in [-0.05, 0) is 46.5 Å². The Kier molecular flexibility index (Phi) is 10.5. The second kappa shape index (κ2) is 13.6. The molecule has 5 rings (SSSR count). The zero-order valence-electron chi connectivity index (χ0n) is 23.4. The molecule has 0 atom stereocenters. The van der Waals surface area contributed by atoms with Crippen molar-refractivity contribution >= 4 is 0 Å². The molecule has 0 fully saturated rings. The molecule has 3 heteroatoms. The fourth-order valence-corrected chi connectivity index (χ4v) is 4.44.